The SMILES string of the molecule is C[C@H]1CCCCN1C1CN(C(=O)CCNC(=O)c2ccc(F)cc2)C1. The van der Waals surface area contributed by atoms with Gasteiger partial charge in [0.2, 0.25) is 5.91 Å². The number of nitrogens with zero attached hydrogens (tertiary/aromatic N) is 2. The summed E-state index contributed by atoms with van der Waals surface area (Å²) in [5.41, 5.74) is 0.400. The zero-order valence-electron chi connectivity index (χ0n) is 14.7. The van der Waals surface area contributed by atoms with Crippen molar-refractivity contribution in [3.05, 3.63) is 35.6 Å². The highest BCUT2D eigenvalue weighted by Crippen LogP contribution is 2.24. The minimum atomic E-state index is -0.373. The first-order valence-electron chi connectivity index (χ1n) is 9.12. The Morgan fingerprint density at radius 2 is 1.92 bits per heavy atom. The molecular formula is C19H26FN3O2. The average molecular weight is 347 g/mol. The van der Waals surface area contributed by atoms with Crippen LogP contribution in [0.1, 0.15) is 43.0 Å². The van der Waals surface area contributed by atoms with Crippen LogP contribution in [0.5, 0.6) is 0 Å². The predicted octanol–water partition coefficient (Wildman–Crippen LogP) is 2.03. The molecule has 1 aromatic rings. The van der Waals surface area contributed by atoms with Gasteiger partial charge in [-0.2, -0.15) is 0 Å². The molecule has 1 N–H and O–H groups in total. The van der Waals surface area contributed by atoms with Crippen LogP contribution in [0.15, 0.2) is 24.3 Å². The van der Waals surface area contributed by atoms with Crippen molar-refractivity contribution in [2.75, 3.05) is 26.2 Å². The fraction of sp³-hybridized carbons (Fsp3) is 0.579. The van der Waals surface area contributed by atoms with Gasteiger partial charge in [-0.3, -0.25) is 14.5 Å². The molecule has 25 heavy (non-hydrogen) atoms. The van der Waals surface area contributed by atoms with Crippen LogP contribution in [0.4, 0.5) is 4.39 Å². The second-order valence-corrected chi connectivity index (χ2v) is 7.05. The zero-order chi connectivity index (χ0) is 17.8. The smallest absolute Gasteiger partial charge is 0.251 e. The Bertz CT molecular complexity index is 614. The minimum absolute atomic E-state index is 0.0836. The third kappa shape index (κ3) is 4.37. The van der Waals surface area contributed by atoms with Crippen LogP contribution < -0.4 is 5.32 Å². The van der Waals surface area contributed by atoms with Crippen molar-refractivity contribution in [1.82, 2.24) is 15.1 Å². The summed E-state index contributed by atoms with van der Waals surface area (Å²) in [5, 5.41) is 2.71. The predicted molar refractivity (Wildman–Crippen MR) is 93.7 cm³/mol. The number of rotatable bonds is 5. The molecule has 0 bridgehead atoms. The lowest BCUT2D eigenvalue weighted by Crippen LogP contribution is -2.63. The van der Waals surface area contributed by atoms with Gasteiger partial charge in [0.15, 0.2) is 0 Å². The molecule has 1 atom stereocenters. The molecule has 2 aliphatic heterocycles. The molecule has 0 spiro atoms. The Balaban J connectivity index is 1.36. The number of hydrogen-bond acceptors (Lipinski definition) is 3. The fourth-order valence-electron chi connectivity index (χ4n) is 3.68. The van der Waals surface area contributed by atoms with Gasteiger partial charge in [0, 0.05) is 43.7 Å². The normalized spacial score (nSPS) is 21.7. The number of likely N-dealkylation sites (tertiary alicyclic amines) is 2. The summed E-state index contributed by atoms with van der Waals surface area (Å²) < 4.78 is 12.8. The monoisotopic (exact) mass is 347 g/mol. The quantitative estimate of drug-likeness (QED) is 0.887. The van der Waals surface area contributed by atoms with Gasteiger partial charge >= 0.3 is 0 Å². The van der Waals surface area contributed by atoms with Crippen LogP contribution in [0.2, 0.25) is 0 Å². The van der Waals surface area contributed by atoms with E-state index < -0.39 is 0 Å². The van der Waals surface area contributed by atoms with Gasteiger partial charge in [-0.05, 0) is 50.6 Å². The maximum absolute atomic E-state index is 12.8. The Morgan fingerprint density at radius 1 is 1.20 bits per heavy atom. The van der Waals surface area contributed by atoms with Crippen molar-refractivity contribution >= 4 is 11.8 Å². The van der Waals surface area contributed by atoms with Gasteiger partial charge in [-0.1, -0.05) is 6.42 Å². The molecule has 2 aliphatic rings. The third-order valence-electron chi connectivity index (χ3n) is 5.27. The van der Waals surface area contributed by atoms with Gasteiger partial charge < -0.3 is 10.2 Å². The number of carbonyl (C=O) groups is 2. The number of amides is 2. The number of benzene rings is 1. The molecule has 136 valence electrons. The van der Waals surface area contributed by atoms with E-state index in [2.05, 4.69) is 17.1 Å². The summed E-state index contributed by atoms with van der Waals surface area (Å²) in [6.07, 6.45) is 4.11. The van der Waals surface area contributed by atoms with Crippen LogP contribution in [-0.4, -0.2) is 59.9 Å². The second-order valence-electron chi connectivity index (χ2n) is 7.05. The fourth-order valence-corrected chi connectivity index (χ4v) is 3.68. The highest BCUT2D eigenvalue weighted by atomic mass is 19.1. The molecule has 6 heteroatoms. The highest BCUT2D eigenvalue weighted by molar-refractivity contribution is 5.94. The van der Waals surface area contributed by atoms with Gasteiger partial charge in [0.1, 0.15) is 5.82 Å². The van der Waals surface area contributed by atoms with Crippen molar-refractivity contribution in [3.63, 3.8) is 0 Å². The Morgan fingerprint density at radius 3 is 2.60 bits per heavy atom. The van der Waals surface area contributed by atoms with Crippen LogP contribution in [0, 0.1) is 5.82 Å². The maximum atomic E-state index is 12.8. The van der Waals surface area contributed by atoms with Crippen molar-refractivity contribution in [3.8, 4) is 0 Å². The van der Waals surface area contributed by atoms with E-state index in [1.165, 1.54) is 43.5 Å². The molecule has 2 fully saturated rings. The molecule has 5 nitrogen and oxygen atoms in total. The van der Waals surface area contributed by atoms with Gasteiger partial charge in [0.25, 0.3) is 5.91 Å². The number of carbonyl (C=O) groups excluding carboxylic acids is 2. The molecule has 2 heterocycles. The summed E-state index contributed by atoms with van der Waals surface area (Å²) in [7, 11) is 0. The molecular weight excluding hydrogens is 321 g/mol. The van der Waals surface area contributed by atoms with E-state index in [-0.39, 0.29) is 17.6 Å². The summed E-state index contributed by atoms with van der Waals surface area (Å²) in [5.74, 6) is -0.571. The molecule has 2 saturated heterocycles. The Labute approximate surface area is 148 Å². The lowest BCUT2D eigenvalue weighted by molar-refractivity contribution is -0.139. The minimum Gasteiger partial charge on any atom is -0.352 e. The van der Waals surface area contributed by atoms with Crippen molar-refractivity contribution < 1.29 is 14.0 Å². The van der Waals surface area contributed by atoms with E-state index in [1.807, 2.05) is 4.90 Å². The van der Waals surface area contributed by atoms with E-state index in [0.29, 0.717) is 30.6 Å². The molecule has 0 saturated carbocycles. The lowest BCUT2D eigenvalue weighted by atomic mass is 9.97. The molecule has 0 unspecified atom stereocenters. The van der Waals surface area contributed by atoms with E-state index >= 15 is 0 Å². The molecule has 0 aliphatic carbocycles. The van der Waals surface area contributed by atoms with Gasteiger partial charge in [-0.15, -0.1) is 0 Å². The number of halogens is 1. The number of nitrogens with one attached hydrogen (secondary N) is 1. The molecule has 0 radical (unpaired) electrons. The Hall–Kier alpha value is -1.95. The third-order valence-corrected chi connectivity index (χ3v) is 5.27. The van der Waals surface area contributed by atoms with Crippen LogP contribution >= 0.6 is 0 Å². The van der Waals surface area contributed by atoms with Crippen molar-refractivity contribution in [1.29, 1.82) is 0 Å². The topological polar surface area (TPSA) is 52.6 Å². The van der Waals surface area contributed by atoms with Gasteiger partial charge in [-0.25, -0.2) is 4.39 Å². The van der Waals surface area contributed by atoms with E-state index in [0.717, 1.165) is 19.6 Å². The standard InChI is InChI=1S/C19H26FN3O2/c1-14-4-2-3-11-23(14)17-12-22(13-17)18(24)9-10-21-19(25)15-5-7-16(20)8-6-15/h5-8,14,17H,2-4,9-13H2,1H3,(H,21,25)/t14-/m0/s1. The molecule has 0 aromatic heterocycles. The maximum Gasteiger partial charge on any atom is 0.251 e. The number of piperidine rings is 1. The van der Waals surface area contributed by atoms with Crippen molar-refractivity contribution in [2.24, 2.45) is 0 Å². The molecule has 2 amide bonds. The summed E-state index contributed by atoms with van der Waals surface area (Å²) in [6.45, 7) is 5.32. The summed E-state index contributed by atoms with van der Waals surface area (Å²) in [6, 6.07) is 6.49. The largest absolute Gasteiger partial charge is 0.352 e. The number of hydrogen-bond donors (Lipinski definition) is 1. The van der Waals surface area contributed by atoms with Crippen molar-refractivity contribution in [2.45, 2.75) is 44.7 Å². The average Bonchev–Trinajstić information content (AvgIpc) is 2.56. The molecule has 3 rings (SSSR count). The first kappa shape index (κ1) is 17.9. The highest BCUT2D eigenvalue weighted by Gasteiger charge is 2.36. The summed E-state index contributed by atoms with van der Waals surface area (Å²) in [4.78, 5) is 28.5. The van der Waals surface area contributed by atoms with Gasteiger partial charge in [0.05, 0.1) is 0 Å². The van der Waals surface area contributed by atoms with E-state index in [9.17, 15) is 14.0 Å². The first-order chi connectivity index (χ1) is 12.0. The van der Waals surface area contributed by atoms with Crippen LogP contribution in [0.25, 0.3) is 0 Å². The zero-order valence-corrected chi connectivity index (χ0v) is 14.7. The second kappa shape index (κ2) is 7.95. The lowest BCUT2D eigenvalue weighted by Gasteiger charge is -2.49. The van der Waals surface area contributed by atoms with E-state index in [1.54, 1.807) is 0 Å². The van der Waals surface area contributed by atoms with E-state index in [4.69, 9.17) is 0 Å². The Kier molecular flexibility index (Phi) is 5.68. The first-order valence-corrected chi connectivity index (χ1v) is 9.12. The summed E-state index contributed by atoms with van der Waals surface area (Å²) >= 11 is 0. The molecule has 1 aromatic carbocycles. The van der Waals surface area contributed by atoms with Crippen LogP contribution in [0.3, 0.4) is 0 Å². The van der Waals surface area contributed by atoms with Crippen LogP contribution in [-0.2, 0) is 4.79 Å².